The summed E-state index contributed by atoms with van der Waals surface area (Å²) < 4.78 is 5.74. The Labute approximate surface area is 228 Å². The third kappa shape index (κ3) is 8.87. The topological polar surface area (TPSA) is 111 Å². The number of rotatable bonds is 13. The zero-order valence-corrected chi connectivity index (χ0v) is 23.8. The molecule has 1 unspecified atom stereocenters. The van der Waals surface area contributed by atoms with Crippen LogP contribution < -0.4 is 10.6 Å². The molecule has 1 saturated carbocycles. The lowest BCUT2D eigenvalue weighted by Crippen LogP contribution is -2.42. The predicted molar refractivity (Wildman–Crippen MR) is 150 cm³/mol. The molecule has 1 aliphatic carbocycles. The van der Waals surface area contributed by atoms with Crippen molar-refractivity contribution < 1.29 is 24.5 Å². The second-order valence-corrected chi connectivity index (χ2v) is 11.9. The van der Waals surface area contributed by atoms with E-state index in [4.69, 9.17) is 4.74 Å². The van der Waals surface area contributed by atoms with Crippen molar-refractivity contribution in [1.82, 2.24) is 15.5 Å². The number of benzene rings is 1. The number of hydrogen-bond acceptors (Lipinski definition) is 7. The van der Waals surface area contributed by atoms with Crippen LogP contribution in [0.5, 0.6) is 11.5 Å². The van der Waals surface area contributed by atoms with Crippen LogP contribution >= 0.6 is 0 Å². The number of carbonyl (C=O) groups is 2. The molecule has 8 heteroatoms. The first-order valence-corrected chi connectivity index (χ1v) is 14.6. The number of amides is 1. The molecule has 1 heterocycles. The van der Waals surface area contributed by atoms with E-state index >= 15 is 0 Å². The Kier molecular flexibility index (Phi) is 11.7. The lowest BCUT2D eigenvalue weighted by molar-refractivity contribution is -0.151. The van der Waals surface area contributed by atoms with Crippen LogP contribution in [0.15, 0.2) is 12.1 Å². The summed E-state index contributed by atoms with van der Waals surface area (Å²) in [6.07, 6.45) is 7.95. The number of phenols is 2. The molecule has 2 aliphatic rings. The van der Waals surface area contributed by atoms with Crippen LogP contribution in [0.2, 0.25) is 0 Å². The van der Waals surface area contributed by atoms with Gasteiger partial charge in [-0.2, -0.15) is 0 Å². The van der Waals surface area contributed by atoms with E-state index in [1.807, 2.05) is 13.8 Å². The minimum atomic E-state index is -0.234. The molecule has 4 N–H and O–H groups in total. The maximum absolute atomic E-state index is 13.0. The van der Waals surface area contributed by atoms with E-state index in [-0.39, 0.29) is 47.0 Å². The summed E-state index contributed by atoms with van der Waals surface area (Å²) in [7, 11) is 0. The van der Waals surface area contributed by atoms with E-state index < -0.39 is 0 Å². The molecule has 38 heavy (non-hydrogen) atoms. The number of nitrogens with zero attached hydrogens (tertiary/aromatic N) is 1. The third-order valence-corrected chi connectivity index (χ3v) is 7.83. The standard InChI is InChI=1S/C30H49N3O5/c1-20(2)16-26(30(37)38-23-8-5-6-9-23)32-13-7-12-31-19-22-10-14-33(15-11-22)29(36)25-17-24(21(3)4)27(34)18-28(25)35/h17-18,20-23,26,31-32,34-35H,5-16,19H2,1-4H3. The lowest BCUT2D eigenvalue weighted by Gasteiger charge is -2.32. The van der Waals surface area contributed by atoms with Crippen LogP contribution in [-0.4, -0.2) is 71.9 Å². The Morgan fingerprint density at radius 1 is 1.00 bits per heavy atom. The minimum Gasteiger partial charge on any atom is -0.508 e. The van der Waals surface area contributed by atoms with Crippen molar-refractivity contribution in [2.45, 2.75) is 97.1 Å². The van der Waals surface area contributed by atoms with Gasteiger partial charge in [0.1, 0.15) is 23.6 Å². The van der Waals surface area contributed by atoms with Crippen molar-refractivity contribution >= 4 is 11.9 Å². The Morgan fingerprint density at radius 2 is 1.68 bits per heavy atom. The first-order valence-electron chi connectivity index (χ1n) is 14.6. The monoisotopic (exact) mass is 531 g/mol. The fourth-order valence-corrected chi connectivity index (χ4v) is 5.52. The molecule has 1 aromatic rings. The predicted octanol–water partition coefficient (Wildman–Crippen LogP) is 4.54. The molecule has 214 valence electrons. The Bertz CT molecular complexity index is 905. The first kappa shape index (κ1) is 30.2. The van der Waals surface area contributed by atoms with Gasteiger partial charge >= 0.3 is 5.97 Å². The Hall–Kier alpha value is -2.32. The number of aromatic hydroxyl groups is 2. The normalized spacial score (nSPS) is 17.9. The summed E-state index contributed by atoms with van der Waals surface area (Å²) in [5.74, 6) is 0.563. The van der Waals surface area contributed by atoms with Gasteiger partial charge in [0.15, 0.2) is 0 Å². The van der Waals surface area contributed by atoms with Crippen molar-refractivity contribution in [3.05, 3.63) is 23.3 Å². The maximum atomic E-state index is 13.0. The van der Waals surface area contributed by atoms with Crippen LogP contribution in [0, 0.1) is 11.8 Å². The quantitative estimate of drug-likeness (QED) is 0.218. The second kappa shape index (κ2) is 14.7. The number of phenolic OH excluding ortho intramolecular Hbond substituents is 2. The van der Waals surface area contributed by atoms with E-state index in [0.717, 1.165) is 71.0 Å². The number of esters is 1. The molecular weight excluding hydrogens is 482 g/mol. The van der Waals surface area contributed by atoms with Gasteiger partial charge in [0, 0.05) is 19.2 Å². The third-order valence-electron chi connectivity index (χ3n) is 7.83. The largest absolute Gasteiger partial charge is 0.508 e. The van der Waals surface area contributed by atoms with E-state index in [1.54, 1.807) is 11.0 Å². The number of hydrogen-bond donors (Lipinski definition) is 4. The summed E-state index contributed by atoms with van der Waals surface area (Å²) in [6, 6.07) is 2.67. The maximum Gasteiger partial charge on any atom is 0.323 e. The zero-order valence-electron chi connectivity index (χ0n) is 23.8. The fourth-order valence-electron chi connectivity index (χ4n) is 5.52. The summed E-state index contributed by atoms with van der Waals surface area (Å²) >= 11 is 0. The molecule has 1 amide bonds. The van der Waals surface area contributed by atoms with Gasteiger partial charge in [0.25, 0.3) is 5.91 Å². The number of carbonyl (C=O) groups excluding carboxylic acids is 2. The number of likely N-dealkylation sites (tertiary alicyclic amines) is 1. The van der Waals surface area contributed by atoms with Crippen molar-refractivity contribution in [2.75, 3.05) is 32.7 Å². The minimum absolute atomic E-state index is 0.0217. The molecule has 3 rings (SSSR count). The SMILES string of the molecule is CC(C)CC(NCCCNCC1CCN(C(=O)c2cc(C(C)C)c(O)cc2O)CC1)C(=O)OC1CCCC1. The first-order chi connectivity index (χ1) is 18.2. The number of piperidine rings is 1. The molecule has 0 radical (unpaired) electrons. The summed E-state index contributed by atoms with van der Waals surface area (Å²) in [4.78, 5) is 27.5. The van der Waals surface area contributed by atoms with Gasteiger partial charge in [0.2, 0.25) is 0 Å². The van der Waals surface area contributed by atoms with Crippen molar-refractivity contribution in [2.24, 2.45) is 11.8 Å². The number of ether oxygens (including phenoxy) is 1. The van der Waals surface area contributed by atoms with Crippen LogP contribution in [0.1, 0.15) is 101 Å². The zero-order chi connectivity index (χ0) is 27.7. The highest BCUT2D eigenvalue weighted by Crippen LogP contribution is 2.33. The van der Waals surface area contributed by atoms with Crippen LogP contribution in [0.3, 0.4) is 0 Å². The molecule has 1 saturated heterocycles. The summed E-state index contributed by atoms with van der Waals surface area (Å²) in [6.45, 7) is 12.0. The second-order valence-electron chi connectivity index (χ2n) is 11.9. The fraction of sp³-hybridized carbons (Fsp3) is 0.733. The highest BCUT2D eigenvalue weighted by molar-refractivity contribution is 5.97. The van der Waals surface area contributed by atoms with E-state index in [1.165, 1.54) is 6.07 Å². The Morgan fingerprint density at radius 3 is 2.32 bits per heavy atom. The van der Waals surface area contributed by atoms with Gasteiger partial charge in [-0.05, 0) is 100 Å². The Balaban J connectivity index is 1.34. The highest BCUT2D eigenvalue weighted by Gasteiger charge is 2.27. The van der Waals surface area contributed by atoms with Crippen LogP contribution in [0.25, 0.3) is 0 Å². The molecule has 8 nitrogen and oxygen atoms in total. The van der Waals surface area contributed by atoms with Crippen molar-refractivity contribution in [3.8, 4) is 11.5 Å². The van der Waals surface area contributed by atoms with Crippen LogP contribution in [0.4, 0.5) is 0 Å². The molecule has 0 spiro atoms. The molecule has 1 aliphatic heterocycles. The number of nitrogens with one attached hydrogen (secondary N) is 2. The van der Waals surface area contributed by atoms with Crippen molar-refractivity contribution in [1.29, 1.82) is 0 Å². The molecule has 0 aromatic heterocycles. The van der Waals surface area contributed by atoms with Crippen LogP contribution in [-0.2, 0) is 9.53 Å². The molecule has 1 atom stereocenters. The molecule has 0 bridgehead atoms. The van der Waals surface area contributed by atoms with E-state index in [0.29, 0.717) is 30.5 Å². The van der Waals surface area contributed by atoms with Gasteiger partial charge in [-0.3, -0.25) is 9.59 Å². The summed E-state index contributed by atoms with van der Waals surface area (Å²) in [5.41, 5.74) is 0.930. The highest BCUT2D eigenvalue weighted by atomic mass is 16.5. The molecule has 1 aromatic carbocycles. The van der Waals surface area contributed by atoms with Crippen molar-refractivity contribution in [3.63, 3.8) is 0 Å². The van der Waals surface area contributed by atoms with Gasteiger partial charge in [-0.25, -0.2) is 0 Å². The van der Waals surface area contributed by atoms with Gasteiger partial charge < -0.3 is 30.5 Å². The van der Waals surface area contributed by atoms with Gasteiger partial charge in [-0.1, -0.05) is 27.7 Å². The smallest absolute Gasteiger partial charge is 0.323 e. The average molecular weight is 532 g/mol. The summed E-state index contributed by atoms with van der Waals surface area (Å²) in [5, 5.41) is 27.3. The molecule has 2 fully saturated rings. The van der Waals surface area contributed by atoms with E-state index in [9.17, 15) is 19.8 Å². The lowest BCUT2D eigenvalue weighted by atomic mass is 9.95. The molecular formula is C30H49N3O5. The average Bonchev–Trinajstić information content (AvgIpc) is 3.38. The van der Waals surface area contributed by atoms with Gasteiger partial charge in [-0.15, -0.1) is 0 Å². The van der Waals surface area contributed by atoms with E-state index in [2.05, 4.69) is 24.5 Å². The van der Waals surface area contributed by atoms with Gasteiger partial charge in [0.05, 0.1) is 5.56 Å².